The molecule has 0 saturated carbocycles. The number of fused-ring (bicyclic) bond motifs is 1. The van der Waals surface area contributed by atoms with Crippen LogP contribution in [-0.2, 0) is 4.79 Å². The molecule has 148 valence electrons. The van der Waals surface area contributed by atoms with Crippen LogP contribution >= 0.6 is 11.8 Å². The Balaban J connectivity index is 1.78. The molecule has 1 aromatic heterocycles. The summed E-state index contributed by atoms with van der Waals surface area (Å²) >= 11 is 1.24. The molecule has 7 heteroatoms. The summed E-state index contributed by atoms with van der Waals surface area (Å²) in [6.07, 6.45) is 0. The first-order valence-corrected chi connectivity index (χ1v) is 9.90. The predicted molar refractivity (Wildman–Crippen MR) is 115 cm³/mol. The van der Waals surface area contributed by atoms with E-state index in [0.717, 1.165) is 22.0 Å². The summed E-state index contributed by atoms with van der Waals surface area (Å²) in [6.45, 7) is 4.00. The van der Waals surface area contributed by atoms with E-state index < -0.39 is 0 Å². The molecule has 0 fully saturated rings. The summed E-state index contributed by atoms with van der Waals surface area (Å²) in [6, 6.07) is 13.2. The number of aromatic nitrogens is 1. The number of carbonyl (C=O) groups excluding carboxylic acids is 1. The third kappa shape index (κ3) is 4.61. The van der Waals surface area contributed by atoms with Crippen LogP contribution in [0.4, 0.5) is 5.69 Å². The van der Waals surface area contributed by atoms with Crippen molar-refractivity contribution in [3.8, 4) is 17.6 Å². The number of thioether (sulfide) groups is 1. The number of hydrogen-bond acceptors (Lipinski definition) is 6. The molecular weight excluding hydrogens is 386 g/mol. The number of nitriles is 1. The molecule has 29 heavy (non-hydrogen) atoms. The summed E-state index contributed by atoms with van der Waals surface area (Å²) in [5.74, 6) is 1.05. The summed E-state index contributed by atoms with van der Waals surface area (Å²) in [5.41, 5.74) is 4.02. The van der Waals surface area contributed by atoms with Gasteiger partial charge in [0.1, 0.15) is 22.6 Å². The third-order valence-corrected chi connectivity index (χ3v) is 5.35. The van der Waals surface area contributed by atoms with Crippen LogP contribution in [-0.4, -0.2) is 30.9 Å². The highest BCUT2D eigenvalue weighted by Crippen LogP contribution is 2.30. The van der Waals surface area contributed by atoms with Crippen molar-refractivity contribution < 1.29 is 14.3 Å². The van der Waals surface area contributed by atoms with Crippen LogP contribution < -0.4 is 14.8 Å². The molecular formula is C22H21N3O3S. The van der Waals surface area contributed by atoms with Crippen molar-refractivity contribution in [1.82, 2.24) is 4.98 Å². The van der Waals surface area contributed by atoms with Crippen LogP contribution in [0.5, 0.6) is 11.5 Å². The Kier molecular flexibility index (Phi) is 6.25. The van der Waals surface area contributed by atoms with Crippen LogP contribution in [0.2, 0.25) is 0 Å². The number of anilines is 1. The van der Waals surface area contributed by atoms with Crippen molar-refractivity contribution in [1.29, 1.82) is 5.26 Å². The Labute approximate surface area is 173 Å². The smallest absolute Gasteiger partial charge is 0.234 e. The van der Waals surface area contributed by atoms with E-state index in [9.17, 15) is 10.1 Å². The molecule has 1 N–H and O–H groups in total. The highest BCUT2D eigenvalue weighted by atomic mass is 32.2. The fraction of sp³-hybridized carbons (Fsp3) is 0.227. The van der Waals surface area contributed by atoms with E-state index in [1.807, 2.05) is 26.0 Å². The Bertz CT molecular complexity index is 1120. The van der Waals surface area contributed by atoms with Crippen molar-refractivity contribution >= 4 is 34.3 Å². The highest BCUT2D eigenvalue weighted by Gasteiger charge is 2.13. The first kappa shape index (κ1) is 20.5. The molecule has 0 spiro atoms. The Morgan fingerprint density at radius 2 is 1.97 bits per heavy atom. The molecule has 0 radical (unpaired) electrons. The van der Waals surface area contributed by atoms with Gasteiger partial charge in [-0.15, -0.1) is 0 Å². The molecule has 1 amide bonds. The number of nitrogens with one attached hydrogen (secondary N) is 1. The normalized spacial score (nSPS) is 10.4. The minimum absolute atomic E-state index is 0.118. The van der Waals surface area contributed by atoms with E-state index in [2.05, 4.69) is 22.4 Å². The zero-order chi connectivity index (χ0) is 21.0. The van der Waals surface area contributed by atoms with E-state index >= 15 is 0 Å². The first-order chi connectivity index (χ1) is 13.9. The van der Waals surface area contributed by atoms with Gasteiger partial charge in [0.2, 0.25) is 5.91 Å². The lowest BCUT2D eigenvalue weighted by molar-refractivity contribution is -0.113. The van der Waals surface area contributed by atoms with E-state index in [-0.39, 0.29) is 11.7 Å². The van der Waals surface area contributed by atoms with Gasteiger partial charge in [-0.25, -0.2) is 4.98 Å². The van der Waals surface area contributed by atoms with E-state index in [1.54, 1.807) is 25.3 Å². The van der Waals surface area contributed by atoms with Crippen molar-refractivity contribution in [2.75, 3.05) is 25.3 Å². The number of hydrogen-bond donors (Lipinski definition) is 1. The molecule has 0 aliphatic rings. The van der Waals surface area contributed by atoms with Gasteiger partial charge in [-0.1, -0.05) is 23.4 Å². The number of pyridine rings is 1. The molecule has 1 heterocycles. The topological polar surface area (TPSA) is 84.2 Å². The van der Waals surface area contributed by atoms with Gasteiger partial charge in [0.05, 0.1) is 36.7 Å². The molecule has 3 aromatic rings. The van der Waals surface area contributed by atoms with Gasteiger partial charge in [0.25, 0.3) is 0 Å². The Morgan fingerprint density at radius 3 is 2.66 bits per heavy atom. The van der Waals surface area contributed by atoms with Crippen LogP contribution in [0.3, 0.4) is 0 Å². The maximum atomic E-state index is 12.5. The average molecular weight is 407 g/mol. The lowest BCUT2D eigenvalue weighted by atomic mass is 10.1. The highest BCUT2D eigenvalue weighted by molar-refractivity contribution is 8.00. The number of nitrogens with zero attached hydrogens (tertiary/aromatic N) is 2. The second kappa shape index (κ2) is 8.84. The fourth-order valence-electron chi connectivity index (χ4n) is 3.05. The van der Waals surface area contributed by atoms with Crippen LogP contribution in [0.1, 0.15) is 16.7 Å². The lowest BCUT2D eigenvalue weighted by Gasteiger charge is -2.12. The van der Waals surface area contributed by atoms with Gasteiger partial charge in [0.15, 0.2) is 0 Å². The van der Waals surface area contributed by atoms with E-state index in [0.29, 0.717) is 27.8 Å². The molecule has 3 rings (SSSR count). The fourth-order valence-corrected chi connectivity index (χ4v) is 3.80. The van der Waals surface area contributed by atoms with Gasteiger partial charge in [-0.2, -0.15) is 5.26 Å². The minimum atomic E-state index is -0.218. The van der Waals surface area contributed by atoms with Crippen molar-refractivity contribution in [3.63, 3.8) is 0 Å². The summed E-state index contributed by atoms with van der Waals surface area (Å²) in [4.78, 5) is 17.1. The second-order valence-electron chi connectivity index (χ2n) is 6.51. The number of carbonyl (C=O) groups is 1. The van der Waals surface area contributed by atoms with Crippen LogP contribution in [0, 0.1) is 25.2 Å². The number of benzene rings is 2. The second-order valence-corrected chi connectivity index (χ2v) is 7.47. The number of amides is 1. The number of methoxy groups -OCH3 is 2. The molecule has 0 aliphatic carbocycles. The standard InChI is InChI=1S/C22H21N3O3S/c1-13-7-14(2)21-15(8-13)9-16(11-23)22(25-21)29-12-20(26)24-18-6-5-17(27-3)10-19(18)28-4/h5-10H,12H2,1-4H3,(H,24,26). The van der Waals surface area contributed by atoms with E-state index in [1.165, 1.54) is 18.9 Å². The van der Waals surface area contributed by atoms with Gasteiger partial charge in [-0.3, -0.25) is 4.79 Å². The maximum absolute atomic E-state index is 12.5. The minimum Gasteiger partial charge on any atom is -0.497 e. The molecule has 0 unspecified atom stereocenters. The van der Waals surface area contributed by atoms with Crippen LogP contribution in [0.15, 0.2) is 41.4 Å². The largest absolute Gasteiger partial charge is 0.497 e. The average Bonchev–Trinajstić information content (AvgIpc) is 2.71. The molecule has 6 nitrogen and oxygen atoms in total. The number of aryl methyl sites for hydroxylation is 2. The van der Waals surface area contributed by atoms with Gasteiger partial charge < -0.3 is 14.8 Å². The molecule has 0 bridgehead atoms. The molecule has 0 saturated heterocycles. The number of ether oxygens (including phenoxy) is 2. The zero-order valence-electron chi connectivity index (χ0n) is 16.7. The quantitative estimate of drug-likeness (QED) is 0.607. The summed E-state index contributed by atoms with van der Waals surface area (Å²) < 4.78 is 10.5. The van der Waals surface area contributed by atoms with Gasteiger partial charge in [-0.05, 0) is 43.7 Å². The first-order valence-electron chi connectivity index (χ1n) is 8.92. The van der Waals surface area contributed by atoms with Gasteiger partial charge in [0, 0.05) is 11.5 Å². The Hall–Kier alpha value is -3.24. The number of rotatable bonds is 6. The van der Waals surface area contributed by atoms with Crippen molar-refractivity contribution in [2.24, 2.45) is 0 Å². The lowest BCUT2D eigenvalue weighted by Crippen LogP contribution is -2.15. The monoisotopic (exact) mass is 407 g/mol. The SMILES string of the molecule is COc1ccc(NC(=O)CSc2nc3c(C)cc(C)cc3cc2C#N)c(OC)c1. The molecule has 2 aromatic carbocycles. The van der Waals surface area contributed by atoms with Crippen molar-refractivity contribution in [3.05, 3.63) is 53.1 Å². The predicted octanol–water partition coefficient (Wildman–Crippen LogP) is 4.47. The molecule has 0 atom stereocenters. The van der Waals surface area contributed by atoms with Gasteiger partial charge >= 0.3 is 0 Å². The van der Waals surface area contributed by atoms with Crippen molar-refractivity contribution in [2.45, 2.75) is 18.9 Å². The van der Waals surface area contributed by atoms with Crippen LogP contribution in [0.25, 0.3) is 10.9 Å². The third-order valence-electron chi connectivity index (χ3n) is 4.36. The summed E-state index contributed by atoms with van der Waals surface area (Å²) in [5, 5.41) is 13.8. The maximum Gasteiger partial charge on any atom is 0.234 e. The molecule has 0 aliphatic heterocycles. The Morgan fingerprint density at radius 1 is 1.17 bits per heavy atom. The van der Waals surface area contributed by atoms with E-state index in [4.69, 9.17) is 9.47 Å². The zero-order valence-corrected chi connectivity index (χ0v) is 17.5. The summed E-state index contributed by atoms with van der Waals surface area (Å²) in [7, 11) is 3.09.